The van der Waals surface area contributed by atoms with Crippen LogP contribution in [-0.4, -0.2) is 24.1 Å². The predicted molar refractivity (Wildman–Crippen MR) is 163 cm³/mol. The van der Waals surface area contributed by atoms with E-state index in [9.17, 15) is 9.59 Å². The first-order valence-electron chi connectivity index (χ1n) is 15.1. The summed E-state index contributed by atoms with van der Waals surface area (Å²) in [5.74, 6) is 2.66. The van der Waals surface area contributed by atoms with Crippen molar-refractivity contribution in [2.45, 2.75) is 92.3 Å². The van der Waals surface area contributed by atoms with Gasteiger partial charge in [0.15, 0.2) is 0 Å². The molecule has 2 aliphatic rings. The second-order valence-electron chi connectivity index (χ2n) is 12.7. The number of benzene rings is 2. The maximum atomic E-state index is 12.3. The van der Waals surface area contributed by atoms with E-state index in [-0.39, 0.29) is 24.1 Å². The number of nitrogens with two attached hydrogens (primary N) is 2. The molecule has 2 aromatic carbocycles. The summed E-state index contributed by atoms with van der Waals surface area (Å²) < 4.78 is 11.6. The molecule has 220 valence electrons. The molecule has 2 fully saturated rings. The van der Waals surface area contributed by atoms with Crippen molar-refractivity contribution < 1.29 is 19.1 Å². The SMILES string of the molecule is CC1CCC(C(C)C)C(OC(=O)c2ccccc2N)C1.CC1CCC(C(C)C)C(OC(=O)c2ccccc2N)C1. The fraction of sp³-hybridized carbons (Fsp3) is 0.588. The van der Waals surface area contributed by atoms with Crippen molar-refractivity contribution in [1.29, 1.82) is 0 Å². The summed E-state index contributed by atoms with van der Waals surface area (Å²) in [4.78, 5) is 24.6. The molecule has 4 N–H and O–H groups in total. The molecule has 6 atom stereocenters. The van der Waals surface area contributed by atoms with Crippen LogP contribution in [-0.2, 0) is 9.47 Å². The number of para-hydroxylation sites is 2. The third kappa shape index (κ3) is 8.49. The molecule has 0 spiro atoms. The molecule has 2 aliphatic carbocycles. The van der Waals surface area contributed by atoms with Crippen LogP contribution in [0.25, 0.3) is 0 Å². The van der Waals surface area contributed by atoms with Gasteiger partial charge in [0.05, 0.1) is 11.1 Å². The van der Waals surface area contributed by atoms with Gasteiger partial charge in [-0.15, -0.1) is 0 Å². The lowest BCUT2D eigenvalue weighted by molar-refractivity contribution is -0.0180. The lowest BCUT2D eigenvalue weighted by atomic mass is 9.75. The summed E-state index contributed by atoms with van der Waals surface area (Å²) in [5, 5.41) is 0. The first kappa shape index (κ1) is 31.5. The van der Waals surface area contributed by atoms with E-state index in [0.717, 1.165) is 25.7 Å². The molecule has 6 nitrogen and oxygen atoms in total. The number of anilines is 2. The number of esters is 2. The smallest absolute Gasteiger partial charge is 0.340 e. The number of carbonyl (C=O) groups excluding carboxylic acids is 2. The van der Waals surface area contributed by atoms with Crippen LogP contribution in [0.2, 0.25) is 0 Å². The Morgan fingerprint density at radius 2 is 1.00 bits per heavy atom. The van der Waals surface area contributed by atoms with E-state index < -0.39 is 0 Å². The minimum atomic E-state index is -0.284. The van der Waals surface area contributed by atoms with Crippen molar-refractivity contribution in [2.24, 2.45) is 35.5 Å². The topological polar surface area (TPSA) is 105 Å². The van der Waals surface area contributed by atoms with Gasteiger partial charge in [-0.3, -0.25) is 0 Å². The van der Waals surface area contributed by atoms with Gasteiger partial charge in [0, 0.05) is 11.4 Å². The maximum absolute atomic E-state index is 12.3. The summed E-state index contributed by atoms with van der Waals surface area (Å²) in [6.07, 6.45) is 6.69. The first-order valence-corrected chi connectivity index (χ1v) is 15.1. The highest BCUT2D eigenvalue weighted by Crippen LogP contribution is 2.37. The lowest BCUT2D eigenvalue weighted by Crippen LogP contribution is -2.36. The van der Waals surface area contributed by atoms with Gasteiger partial charge in [-0.25, -0.2) is 9.59 Å². The summed E-state index contributed by atoms with van der Waals surface area (Å²) in [5.41, 5.74) is 13.6. The van der Waals surface area contributed by atoms with Crippen LogP contribution in [0.4, 0.5) is 11.4 Å². The van der Waals surface area contributed by atoms with E-state index in [1.807, 2.05) is 24.3 Å². The zero-order chi connectivity index (χ0) is 29.4. The van der Waals surface area contributed by atoms with Crippen molar-refractivity contribution in [2.75, 3.05) is 11.5 Å². The van der Waals surface area contributed by atoms with E-state index in [2.05, 4.69) is 41.5 Å². The van der Waals surface area contributed by atoms with Gasteiger partial charge >= 0.3 is 11.9 Å². The monoisotopic (exact) mass is 550 g/mol. The predicted octanol–water partition coefficient (Wildman–Crippen LogP) is 7.77. The van der Waals surface area contributed by atoms with Crippen LogP contribution in [0, 0.1) is 35.5 Å². The van der Waals surface area contributed by atoms with E-state index in [1.54, 1.807) is 24.3 Å². The molecule has 0 aliphatic heterocycles. The van der Waals surface area contributed by atoms with Gasteiger partial charge in [-0.2, -0.15) is 0 Å². The number of hydrogen-bond donors (Lipinski definition) is 2. The summed E-state index contributed by atoms with van der Waals surface area (Å²) in [6.45, 7) is 13.3. The highest BCUT2D eigenvalue weighted by molar-refractivity contribution is 5.95. The normalized spacial score (nSPS) is 26.5. The number of nitrogen functional groups attached to an aromatic ring is 2. The van der Waals surface area contributed by atoms with Gasteiger partial charge < -0.3 is 20.9 Å². The highest BCUT2D eigenvalue weighted by Gasteiger charge is 2.35. The molecule has 0 bridgehead atoms. The van der Waals surface area contributed by atoms with Crippen LogP contribution < -0.4 is 11.5 Å². The molecule has 40 heavy (non-hydrogen) atoms. The van der Waals surface area contributed by atoms with Crippen LogP contribution in [0.3, 0.4) is 0 Å². The van der Waals surface area contributed by atoms with Gasteiger partial charge in [0.2, 0.25) is 0 Å². The average molecular weight is 551 g/mol. The molecule has 2 saturated carbocycles. The minimum Gasteiger partial charge on any atom is -0.458 e. The average Bonchev–Trinajstić information content (AvgIpc) is 2.89. The molecular weight excluding hydrogens is 500 g/mol. The molecule has 0 heterocycles. The standard InChI is InChI=1S/2C17H25NO2/c2*1-11(2)13-9-8-12(3)10-16(13)20-17(19)14-6-4-5-7-15(14)18/h2*4-7,11-13,16H,8-10,18H2,1-3H3. The van der Waals surface area contributed by atoms with Gasteiger partial charge in [-0.1, -0.05) is 78.6 Å². The summed E-state index contributed by atoms with van der Waals surface area (Å²) >= 11 is 0. The quantitative estimate of drug-likeness (QED) is 0.281. The Morgan fingerprint density at radius 3 is 1.32 bits per heavy atom. The largest absolute Gasteiger partial charge is 0.458 e. The Bertz CT molecular complexity index is 1030. The van der Waals surface area contributed by atoms with Gasteiger partial charge in [-0.05, 0) is 85.5 Å². The van der Waals surface area contributed by atoms with E-state index in [1.165, 1.54) is 12.8 Å². The maximum Gasteiger partial charge on any atom is 0.340 e. The van der Waals surface area contributed by atoms with Crippen molar-refractivity contribution in [3.8, 4) is 0 Å². The zero-order valence-corrected chi connectivity index (χ0v) is 25.3. The van der Waals surface area contributed by atoms with Crippen molar-refractivity contribution in [1.82, 2.24) is 0 Å². The minimum absolute atomic E-state index is 0.0193. The summed E-state index contributed by atoms with van der Waals surface area (Å²) in [6, 6.07) is 14.2. The van der Waals surface area contributed by atoms with Crippen LogP contribution in [0.15, 0.2) is 48.5 Å². The molecular formula is C34H50N2O4. The van der Waals surface area contributed by atoms with Crippen LogP contribution in [0.5, 0.6) is 0 Å². The zero-order valence-electron chi connectivity index (χ0n) is 25.3. The molecule has 2 aromatic rings. The fourth-order valence-corrected chi connectivity index (χ4v) is 6.27. The Hall–Kier alpha value is -3.02. The second-order valence-corrected chi connectivity index (χ2v) is 12.7. The molecule has 0 amide bonds. The third-order valence-corrected chi connectivity index (χ3v) is 8.80. The number of carbonyl (C=O) groups is 2. The number of rotatable bonds is 6. The van der Waals surface area contributed by atoms with Crippen molar-refractivity contribution >= 4 is 23.3 Å². The molecule has 0 aromatic heterocycles. The van der Waals surface area contributed by atoms with E-state index in [0.29, 0.717) is 58.0 Å². The Kier molecular flexibility index (Phi) is 11.5. The number of ether oxygens (including phenoxy) is 2. The first-order chi connectivity index (χ1) is 19.0. The van der Waals surface area contributed by atoms with E-state index in [4.69, 9.17) is 20.9 Å². The molecule has 0 saturated heterocycles. The number of hydrogen-bond acceptors (Lipinski definition) is 6. The summed E-state index contributed by atoms with van der Waals surface area (Å²) in [7, 11) is 0. The van der Waals surface area contributed by atoms with Crippen LogP contribution >= 0.6 is 0 Å². The molecule has 0 radical (unpaired) electrons. The van der Waals surface area contributed by atoms with Gasteiger partial charge in [0.1, 0.15) is 12.2 Å². The van der Waals surface area contributed by atoms with E-state index >= 15 is 0 Å². The fourth-order valence-electron chi connectivity index (χ4n) is 6.27. The lowest BCUT2D eigenvalue weighted by Gasteiger charge is -2.36. The highest BCUT2D eigenvalue weighted by atomic mass is 16.5. The van der Waals surface area contributed by atoms with Gasteiger partial charge in [0.25, 0.3) is 0 Å². The Balaban J connectivity index is 0.000000220. The second kappa shape index (κ2) is 14.6. The molecule has 6 unspecified atom stereocenters. The molecule has 4 rings (SSSR count). The Morgan fingerprint density at radius 1 is 0.650 bits per heavy atom. The molecule has 6 heteroatoms. The van der Waals surface area contributed by atoms with Crippen molar-refractivity contribution in [3.05, 3.63) is 59.7 Å². The van der Waals surface area contributed by atoms with Crippen molar-refractivity contribution in [3.63, 3.8) is 0 Å². The van der Waals surface area contributed by atoms with Crippen LogP contribution in [0.1, 0.15) is 101 Å². The Labute approximate surface area is 241 Å². The third-order valence-electron chi connectivity index (χ3n) is 8.80.